The van der Waals surface area contributed by atoms with E-state index >= 15 is 0 Å². The van der Waals surface area contributed by atoms with Crippen LogP contribution in [0.25, 0.3) is 0 Å². The first-order chi connectivity index (χ1) is 8.58. The predicted molar refractivity (Wildman–Crippen MR) is 70.4 cm³/mol. The van der Waals surface area contributed by atoms with E-state index in [9.17, 15) is 4.79 Å². The molecule has 0 amide bonds. The zero-order chi connectivity index (χ0) is 13.5. The first-order valence-corrected chi connectivity index (χ1v) is 6.13. The number of carbonyl (C=O) groups is 1. The monoisotopic (exact) mass is 251 g/mol. The number of nitrogens with two attached hydrogens (primary N) is 1. The molecule has 0 bridgehead atoms. The third kappa shape index (κ3) is 4.13. The number of ether oxygens (including phenoxy) is 1. The van der Waals surface area contributed by atoms with Crippen molar-refractivity contribution in [2.24, 2.45) is 5.73 Å². The van der Waals surface area contributed by atoms with Crippen LogP contribution >= 0.6 is 0 Å². The second-order valence-corrected chi connectivity index (χ2v) is 4.45. The summed E-state index contributed by atoms with van der Waals surface area (Å²) < 4.78 is 5.08. The largest absolute Gasteiger partial charge is 0.481 e. The Hall–Kier alpha value is -1.39. The lowest BCUT2D eigenvalue weighted by Crippen LogP contribution is -2.29. The number of hydrogen-bond acceptors (Lipinski definition) is 3. The van der Waals surface area contributed by atoms with Crippen LogP contribution in [-0.2, 0) is 16.1 Å². The molecule has 0 aliphatic carbocycles. The first kappa shape index (κ1) is 14.7. The molecule has 0 saturated carbocycles. The first-order valence-electron chi connectivity index (χ1n) is 6.13. The molecular weight excluding hydrogens is 230 g/mol. The van der Waals surface area contributed by atoms with Gasteiger partial charge in [-0.3, -0.25) is 4.79 Å². The van der Waals surface area contributed by atoms with Gasteiger partial charge in [-0.25, -0.2) is 0 Å². The molecule has 0 fully saturated rings. The normalized spacial score (nSPS) is 14.2. The summed E-state index contributed by atoms with van der Waals surface area (Å²) >= 11 is 0. The number of aliphatic carboxylic acids is 1. The minimum Gasteiger partial charge on any atom is -0.481 e. The molecule has 1 aromatic carbocycles. The average molecular weight is 251 g/mol. The summed E-state index contributed by atoms with van der Waals surface area (Å²) in [6.07, 6.45) is 0.817. The van der Waals surface area contributed by atoms with E-state index in [0.29, 0.717) is 6.61 Å². The van der Waals surface area contributed by atoms with Gasteiger partial charge in [-0.1, -0.05) is 31.2 Å². The van der Waals surface area contributed by atoms with Gasteiger partial charge in [0.2, 0.25) is 0 Å². The van der Waals surface area contributed by atoms with Crippen LogP contribution in [0.4, 0.5) is 0 Å². The van der Waals surface area contributed by atoms with Crippen molar-refractivity contribution >= 4 is 5.97 Å². The fourth-order valence-corrected chi connectivity index (χ4v) is 2.07. The highest BCUT2D eigenvalue weighted by molar-refractivity contribution is 5.68. The van der Waals surface area contributed by atoms with Gasteiger partial charge in [0, 0.05) is 19.1 Å². The number of methoxy groups -OCH3 is 1. The summed E-state index contributed by atoms with van der Waals surface area (Å²) in [5.74, 6) is -0.967. The van der Waals surface area contributed by atoms with E-state index in [4.69, 9.17) is 15.6 Å². The van der Waals surface area contributed by atoms with Crippen molar-refractivity contribution in [1.29, 1.82) is 0 Å². The second kappa shape index (κ2) is 7.13. The highest BCUT2D eigenvalue weighted by atomic mass is 16.5. The van der Waals surface area contributed by atoms with Crippen molar-refractivity contribution in [3.05, 3.63) is 35.4 Å². The molecule has 1 aromatic rings. The quantitative estimate of drug-likeness (QED) is 0.778. The molecule has 18 heavy (non-hydrogen) atoms. The van der Waals surface area contributed by atoms with Gasteiger partial charge in [-0.05, 0) is 17.5 Å². The molecule has 3 N–H and O–H groups in total. The molecule has 4 nitrogen and oxygen atoms in total. The van der Waals surface area contributed by atoms with Crippen molar-refractivity contribution < 1.29 is 14.6 Å². The van der Waals surface area contributed by atoms with Gasteiger partial charge >= 0.3 is 5.97 Å². The molecule has 0 aliphatic heterocycles. The van der Waals surface area contributed by atoms with E-state index < -0.39 is 5.97 Å². The minimum atomic E-state index is -0.818. The second-order valence-electron chi connectivity index (χ2n) is 4.45. The molecule has 0 heterocycles. The van der Waals surface area contributed by atoms with Crippen molar-refractivity contribution in [3.63, 3.8) is 0 Å². The molecule has 0 radical (unpaired) electrons. The molecule has 0 saturated heterocycles. The van der Waals surface area contributed by atoms with E-state index in [-0.39, 0.29) is 18.4 Å². The Morgan fingerprint density at radius 3 is 2.78 bits per heavy atom. The van der Waals surface area contributed by atoms with Crippen LogP contribution in [0.2, 0.25) is 0 Å². The Bertz CT molecular complexity index is 392. The smallest absolute Gasteiger partial charge is 0.304 e. The Balaban J connectivity index is 2.96. The number of benzene rings is 1. The van der Waals surface area contributed by atoms with E-state index in [0.717, 1.165) is 17.5 Å². The third-order valence-electron chi connectivity index (χ3n) is 3.07. The highest BCUT2D eigenvalue weighted by Crippen LogP contribution is 2.25. The average Bonchev–Trinajstić information content (AvgIpc) is 2.35. The fraction of sp³-hybridized carbons (Fsp3) is 0.500. The molecular formula is C14H21NO3. The van der Waals surface area contributed by atoms with E-state index in [1.54, 1.807) is 7.11 Å². The van der Waals surface area contributed by atoms with Gasteiger partial charge in [-0.2, -0.15) is 0 Å². The maximum atomic E-state index is 10.9. The van der Waals surface area contributed by atoms with Crippen LogP contribution in [0.15, 0.2) is 24.3 Å². The van der Waals surface area contributed by atoms with Crippen LogP contribution in [0.3, 0.4) is 0 Å². The summed E-state index contributed by atoms with van der Waals surface area (Å²) in [4.78, 5) is 10.9. The molecule has 4 heteroatoms. The Kier molecular flexibility index (Phi) is 5.82. The summed E-state index contributed by atoms with van der Waals surface area (Å²) in [5, 5.41) is 8.98. The fourth-order valence-electron chi connectivity index (χ4n) is 2.07. The number of carboxylic acids is 1. The minimum absolute atomic E-state index is 0.0610. The van der Waals surface area contributed by atoms with Crippen LogP contribution in [0.5, 0.6) is 0 Å². The number of hydrogen-bond donors (Lipinski definition) is 2. The Morgan fingerprint density at radius 1 is 1.50 bits per heavy atom. The maximum absolute atomic E-state index is 10.9. The summed E-state index contributed by atoms with van der Waals surface area (Å²) in [6, 6.07) is 7.65. The highest BCUT2D eigenvalue weighted by Gasteiger charge is 2.21. The van der Waals surface area contributed by atoms with Gasteiger partial charge in [-0.15, -0.1) is 0 Å². The summed E-state index contributed by atoms with van der Waals surface area (Å²) in [5.41, 5.74) is 8.04. The zero-order valence-corrected chi connectivity index (χ0v) is 10.9. The molecule has 1 rings (SSSR count). The van der Waals surface area contributed by atoms with E-state index in [2.05, 4.69) is 0 Å². The Labute approximate surface area is 108 Å². The van der Waals surface area contributed by atoms with Gasteiger partial charge < -0.3 is 15.6 Å². The molecule has 0 aromatic heterocycles. The van der Waals surface area contributed by atoms with Crippen molar-refractivity contribution in [1.82, 2.24) is 0 Å². The van der Waals surface area contributed by atoms with Crippen LogP contribution in [0.1, 0.15) is 36.8 Å². The SMILES string of the molecule is CCC(N)C(CC(=O)O)c1cccc(COC)c1. The lowest BCUT2D eigenvalue weighted by molar-refractivity contribution is -0.137. The molecule has 100 valence electrons. The molecule has 0 spiro atoms. The summed E-state index contributed by atoms with van der Waals surface area (Å²) in [7, 11) is 1.64. The lowest BCUT2D eigenvalue weighted by atomic mass is 9.87. The third-order valence-corrected chi connectivity index (χ3v) is 3.07. The molecule has 2 unspecified atom stereocenters. The predicted octanol–water partition coefficient (Wildman–Crippen LogP) is 2.13. The Morgan fingerprint density at radius 2 is 2.22 bits per heavy atom. The van der Waals surface area contributed by atoms with Crippen molar-refractivity contribution in [3.8, 4) is 0 Å². The lowest BCUT2D eigenvalue weighted by Gasteiger charge is -2.22. The topological polar surface area (TPSA) is 72.6 Å². The zero-order valence-electron chi connectivity index (χ0n) is 10.9. The van der Waals surface area contributed by atoms with Gasteiger partial charge in [0.15, 0.2) is 0 Å². The van der Waals surface area contributed by atoms with Crippen molar-refractivity contribution in [2.45, 2.75) is 38.3 Å². The number of rotatable bonds is 7. The maximum Gasteiger partial charge on any atom is 0.304 e. The van der Waals surface area contributed by atoms with Crippen LogP contribution in [-0.4, -0.2) is 24.2 Å². The van der Waals surface area contributed by atoms with Gasteiger partial charge in [0.1, 0.15) is 0 Å². The summed E-state index contributed by atoms with van der Waals surface area (Å²) in [6.45, 7) is 2.49. The standard InChI is InChI=1S/C14H21NO3/c1-3-13(15)12(8-14(16)17)11-6-4-5-10(7-11)9-18-2/h4-7,12-13H,3,8-9,15H2,1-2H3,(H,16,17). The van der Waals surface area contributed by atoms with Crippen LogP contribution < -0.4 is 5.73 Å². The van der Waals surface area contributed by atoms with E-state index in [1.165, 1.54) is 0 Å². The van der Waals surface area contributed by atoms with Gasteiger partial charge in [0.05, 0.1) is 13.0 Å². The van der Waals surface area contributed by atoms with E-state index in [1.807, 2.05) is 31.2 Å². The van der Waals surface area contributed by atoms with Crippen molar-refractivity contribution in [2.75, 3.05) is 7.11 Å². The van der Waals surface area contributed by atoms with Crippen LogP contribution in [0, 0.1) is 0 Å². The molecule has 0 aliphatic rings. The molecule has 2 atom stereocenters. The van der Waals surface area contributed by atoms with Gasteiger partial charge in [0.25, 0.3) is 0 Å². The number of carboxylic acid groups (broad SMARTS) is 1.